The zero-order valence-corrected chi connectivity index (χ0v) is 14.4. The number of amides is 2. The van der Waals surface area contributed by atoms with E-state index in [9.17, 15) is 14.4 Å². The Morgan fingerprint density at radius 2 is 1.92 bits per heavy atom. The highest BCUT2D eigenvalue weighted by atomic mass is 16.2. The highest BCUT2D eigenvalue weighted by Crippen LogP contribution is 2.31. The minimum absolute atomic E-state index is 0.0297. The smallest absolute Gasteiger partial charge is 0.248 e. The fraction of sp³-hybridized carbons (Fsp3) is 0.632. The first kappa shape index (κ1) is 16.4. The summed E-state index contributed by atoms with van der Waals surface area (Å²) in [6, 6.07) is 3.61. The van der Waals surface area contributed by atoms with Crippen molar-refractivity contribution in [2.45, 2.75) is 63.5 Å². The lowest BCUT2D eigenvalue weighted by Crippen LogP contribution is -2.39. The van der Waals surface area contributed by atoms with E-state index < -0.39 is 0 Å². The summed E-state index contributed by atoms with van der Waals surface area (Å²) in [6.07, 6.45) is 7.49. The molecule has 25 heavy (non-hydrogen) atoms. The quantitative estimate of drug-likeness (QED) is 0.876. The van der Waals surface area contributed by atoms with Crippen molar-refractivity contribution in [3.63, 3.8) is 0 Å². The molecule has 2 heterocycles. The van der Waals surface area contributed by atoms with E-state index >= 15 is 0 Å². The molecule has 1 aliphatic heterocycles. The van der Waals surface area contributed by atoms with E-state index in [1.165, 1.54) is 18.9 Å². The predicted molar refractivity (Wildman–Crippen MR) is 93.0 cm³/mol. The average Bonchev–Trinajstić information content (AvgIpc) is 3.24. The van der Waals surface area contributed by atoms with Crippen molar-refractivity contribution in [1.82, 2.24) is 15.2 Å². The summed E-state index contributed by atoms with van der Waals surface area (Å²) in [6.45, 7) is 0.556. The van der Waals surface area contributed by atoms with Crippen LogP contribution in [0.15, 0.2) is 16.9 Å². The van der Waals surface area contributed by atoms with Crippen molar-refractivity contribution < 1.29 is 9.59 Å². The molecule has 2 aliphatic carbocycles. The molecule has 6 heteroatoms. The molecule has 0 spiro atoms. The molecule has 134 valence electrons. The fourth-order valence-electron chi connectivity index (χ4n) is 4.62. The lowest BCUT2D eigenvalue weighted by atomic mass is 9.91. The SMILES string of the molecule is O=C(N[C@@H]1CCCc2[nH]c(=O)ccc21)[C@H]1CC(=O)N(C2CCCC2)C1. The molecular weight excluding hydrogens is 318 g/mol. The molecule has 6 nitrogen and oxygen atoms in total. The van der Waals surface area contributed by atoms with E-state index in [1.807, 2.05) is 11.0 Å². The monoisotopic (exact) mass is 343 g/mol. The highest BCUT2D eigenvalue weighted by molar-refractivity contribution is 5.89. The van der Waals surface area contributed by atoms with Crippen LogP contribution < -0.4 is 10.9 Å². The van der Waals surface area contributed by atoms with E-state index in [1.54, 1.807) is 0 Å². The number of aryl methyl sites for hydroxylation is 1. The van der Waals surface area contributed by atoms with Gasteiger partial charge in [0.05, 0.1) is 12.0 Å². The molecule has 1 aromatic rings. The van der Waals surface area contributed by atoms with Crippen LogP contribution in [0.25, 0.3) is 0 Å². The zero-order chi connectivity index (χ0) is 17.4. The summed E-state index contributed by atoms with van der Waals surface area (Å²) in [7, 11) is 0. The van der Waals surface area contributed by atoms with Gasteiger partial charge in [0.15, 0.2) is 0 Å². The first-order valence-corrected chi connectivity index (χ1v) is 9.44. The third-order valence-electron chi connectivity index (χ3n) is 5.94. The van der Waals surface area contributed by atoms with Crippen LogP contribution in [0.3, 0.4) is 0 Å². The van der Waals surface area contributed by atoms with E-state index in [0.717, 1.165) is 43.4 Å². The number of aromatic amines is 1. The number of hydrogen-bond acceptors (Lipinski definition) is 3. The van der Waals surface area contributed by atoms with Gasteiger partial charge in [-0.3, -0.25) is 14.4 Å². The number of carbonyl (C=O) groups excluding carboxylic acids is 2. The number of rotatable bonds is 3. The molecule has 0 aromatic carbocycles. The van der Waals surface area contributed by atoms with Crippen LogP contribution in [-0.4, -0.2) is 34.3 Å². The van der Waals surface area contributed by atoms with Crippen molar-refractivity contribution in [2.75, 3.05) is 6.54 Å². The maximum atomic E-state index is 12.7. The maximum Gasteiger partial charge on any atom is 0.248 e. The standard InChI is InChI=1S/C19H25N3O3/c23-17-9-8-14-15(20-17)6-3-7-16(14)21-19(25)12-10-18(24)22(11-12)13-4-1-2-5-13/h8-9,12-13,16H,1-7,10-11H2,(H,20,23)(H,21,25)/t12-,16+/m0/s1. The number of pyridine rings is 1. The number of fused-ring (bicyclic) bond motifs is 1. The molecule has 0 unspecified atom stereocenters. The van der Waals surface area contributed by atoms with Gasteiger partial charge in [0.2, 0.25) is 17.4 Å². The molecule has 1 saturated carbocycles. The molecule has 4 rings (SSSR count). The summed E-state index contributed by atoms with van der Waals surface area (Å²) in [5.74, 6) is -0.153. The van der Waals surface area contributed by atoms with Gasteiger partial charge in [-0.05, 0) is 43.7 Å². The van der Waals surface area contributed by atoms with Gasteiger partial charge in [-0.2, -0.15) is 0 Å². The van der Waals surface area contributed by atoms with Crippen LogP contribution in [0.2, 0.25) is 0 Å². The highest BCUT2D eigenvalue weighted by Gasteiger charge is 2.39. The molecule has 1 aromatic heterocycles. The third kappa shape index (κ3) is 3.22. The number of H-pyrrole nitrogens is 1. The number of aromatic nitrogens is 1. The van der Waals surface area contributed by atoms with Gasteiger partial charge in [0.25, 0.3) is 0 Å². The van der Waals surface area contributed by atoms with Gasteiger partial charge in [0.1, 0.15) is 0 Å². The Kier molecular flexibility index (Phi) is 4.36. The Hall–Kier alpha value is -2.11. The van der Waals surface area contributed by atoms with E-state index in [-0.39, 0.29) is 29.3 Å². The third-order valence-corrected chi connectivity index (χ3v) is 5.94. The van der Waals surface area contributed by atoms with Crippen LogP contribution in [0.1, 0.15) is 62.2 Å². The maximum absolute atomic E-state index is 12.7. The minimum atomic E-state index is -0.249. The van der Waals surface area contributed by atoms with E-state index in [2.05, 4.69) is 10.3 Å². The molecule has 0 radical (unpaired) electrons. The number of carbonyl (C=O) groups is 2. The van der Waals surface area contributed by atoms with Gasteiger partial charge < -0.3 is 15.2 Å². The second-order valence-corrected chi connectivity index (χ2v) is 7.60. The molecular formula is C19H25N3O3. The van der Waals surface area contributed by atoms with Crippen molar-refractivity contribution in [3.05, 3.63) is 33.7 Å². The summed E-state index contributed by atoms with van der Waals surface area (Å²) < 4.78 is 0. The molecule has 2 atom stereocenters. The van der Waals surface area contributed by atoms with Crippen LogP contribution in [0.4, 0.5) is 0 Å². The van der Waals surface area contributed by atoms with Crippen LogP contribution >= 0.6 is 0 Å². The number of nitrogens with zero attached hydrogens (tertiary/aromatic N) is 1. The van der Waals surface area contributed by atoms with Crippen molar-refractivity contribution in [2.24, 2.45) is 5.92 Å². The predicted octanol–water partition coefficient (Wildman–Crippen LogP) is 1.66. The molecule has 0 bridgehead atoms. The second-order valence-electron chi connectivity index (χ2n) is 7.60. The van der Waals surface area contributed by atoms with Crippen molar-refractivity contribution in [1.29, 1.82) is 0 Å². The molecule has 2 fully saturated rings. The Morgan fingerprint density at radius 3 is 2.72 bits per heavy atom. The average molecular weight is 343 g/mol. The molecule has 3 aliphatic rings. The summed E-state index contributed by atoms with van der Waals surface area (Å²) in [4.78, 5) is 41.4. The van der Waals surface area contributed by atoms with Crippen LogP contribution in [0.5, 0.6) is 0 Å². The largest absolute Gasteiger partial charge is 0.349 e. The van der Waals surface area contributed by atoms with Crippen molar-refractivity contribution >= 4 is 11.8 Å². The van der Waals surface area contributed by atoms with Crippen molar-refractivity contribution in [3.8, 4) is 0 Å². The summed E-state index contributed by atoms with van der Waals surface area (Å²) in [5, 5.41) is 3.13. The lowest BCUT2D eigenvalue weighted by Gasteiger charge is -2.27. The Labute approximate surface area is 147 Å². The summed E-state index contributed by atoms with van der Waals surface area (Å²) >= 11 is 0. The molecule has 1 saturated heterocycles. The van der Waals surface area contributed by atoms with Crippen LogP contribution in [-0.2, 0) is 16.0 Å². The number of hydrogen-bond donors (Lipinski definition) is 2. The fourth-order valence-corrected chi connectivity index (χ4v) is 4.62. The van der Waals surface area contributed by atoms with Gasteiger partial charge in [0, 0.05) is 30.8 Å². The van der Waals surface area contributed by atoms with E-state index in [0.29, 0.717) is 19.0 Å². The van der Waals surface area contributed by atoms with Gasteiger partial charge >= 0.3 is 0 Å². The van der Waals surface area contributed by atoms with Gasteiger partial charge in [-0.15, -0.1) is 0 Å². The normalized spacial score (nSPS) is 26.7. The molecule has 2 N–H and O–H groups in total. The molecule has 2 amide bonds. The van der Waals surface area contributed by atoms with Gasteiger partial charge in [-0.25, -0.2) is 0 Å². The number of nitrogens with one attached hydrogen (secondary N) is 2. The first-order valence-electron chi connectivity index (χ1n) is 9.44. The van der Waals surface area contributed by atoms with Gasteiger partial charge in [-0.1, -0.05) is 12.8 Å². The van der Waals surface area contributed by atoms with E-state index in [4.69, 9.17) is 0 Å². The first-order chi connectivity index (χ1) is 12.1. The minimum Gasteiger partial charge on any atom is -0.349 e. The Morgan fingerprint density at radius 1 is 1.12 bits per heavy atom. The topological polar surface area (TPSA) is 82.3 Å². The van der Waals surface area contributed by atoms with Crippen LogP contribution in [0, 0.1) is 5.92 Å². The lowest BCUT2D eigenvalue weighted by molar-refractivity contribution is -0.130. The second kappa shape index (κ2) is 6.65. The summed E-state index contributed by atoms with van der Waals surface area (Å²) in [5.41, 5.74) is 1.84. The zero-order valence-electron chi connectivity index (χ0n) is 14.4. The Balaban J connectivity index is 1.43. The Bertz CT molecular complexity index is 736. The number of likely N-dealkylation sites (tertiary alicyclic amines) is 1.